The van der Waals surface area contributed by atoms with Crippen LogP contribution in [0.15, 0.2) is 42.0 Å². The summed E-state index contributed by atoms with van der Waals surface area (Å²) in [5.41, 5.74) is 1.89. The van der Waals surface area contributed by atoms with Crippen molar-refractivity contribution in [2.24, 2.45) is 0 Å². The Bertz CT molecular complexity index is 436. The third kappa shape index (κ3) is 2.62. The molecule has 0 spiro atoms. The molecule has 0 saturated carbocycles. The lowest BCUT2D eigenvalue weighted by molar-refractivity contribution is -0.136. The van der Waals surface area contributed by atoms with Crippen LogP contribution in [0.5, 0.6) is 0 Å². The molecular weight excluding hydrogens is 228 g/mol. The van der Waals surface area contributed by atoms with Crippen LogP contribution in [-0.2, 0) is 14.3 Å². The summed E-state index contributed by atoms with van der Waals surface area (Å²) >= 11 is 0. The topological polar surface area (TPSA) is 35.5 Å². The van der Waals surface area contributed by atoms with Crippen molar-refractivity contribution in [2.75, 3.05) is 13.7 Å². The summed E-state index contributed by atoms with van der Waals surface area (Å²) in [6.45, 7) is 2.62. The highest BCUT2D eigenvalue weighted by molar-refractivity contribution is 5.89. The zero-order valence-electron chi connectivity index (χ0n) is 10.8. The fourth-order valence-corrected chi connectivity index (χ4v) is 2.38. The number of rotatable bonds is 4. The van der Waals surface area contributed by atoms with Gasteiger partial charge < -0.3 is 9.47 Å². The Balaban J connectivity index is 2.24. The van der Waals surface area contributed by atoms with Gasteiger partial charge in [-0.2, -0.15) is 0 Å². The molecule has 0 heterocycles. The molecule has 1 aliphatic rings. The minimum absolute atomic E-state index is 0.0338. The van der Waals surface area contributed by atoms with Crippen molar-refractivity contribution in [1.29, 1.82) is 0 Å². The van der Waals surface area contributed by atoms with Gasteiger partial charge in [0.15, 0.2) is 0 Å². The number of hydrogen-bond acceptors (Lipinski definition) is 3. The van der Waals surface area contributed by atoms with Crippen molar-refractivity contribution < 1.29 is 14.3 Å². The van der Waals surface area contributed by atoms with Crippen LogP contribution >= 0.6 is 0 Å². The fraction of sp³-hybridized carbons (Fsp3) is 0.400. The van der Waals surface area contributed by atoms with Gasteiger partial charge in [0.05, 0.1) is 13.2 Å². The maximum atomic E-state index is 11.6. The predicted molar refractivity (Wildman–Crippen MR) is 69.3 cm³/mol. The summed E-state index contributed by atoms with van der Waals surface area (Å²) in [4.78, 5) is 11.6. The van der Waals surface area contributed by atoms with Crippen molar-refractivity contribution in [3.05, 3.63) is 47.5 Å². The van der Waals surface area contributed by atoms with E-state index in [9.17, 15) is 4.79 Å². The molecule has 3 nitrogen and oxygen atoms in total. The number of hydrogen-bond donors (Lipinski definition) is 0. The molecule has 1 aromatic rings. The number of benzene rings is 1. The van der Waals surface area contributed by atoms with Crippen LogP contribution in [0.4, 0.5) is 0 Å². The molecule has 3 heteroatoms. The van der Waals surface area contributed by atoms with Gasteiger partial charge in [0, 0.05) is 24.5 Å². The molecule has 0 saturated heterocycles. The maximum absolute atomic E-state index is 11.6. The van der Waals surface area contributed by atoms with E-state index in [1.807, 2.05) is 31.2 Å². The van der Waals surface area contributed by atoms with Crippen molar-refractivity contribution in [2.45, 2.75) is 25.4 Å². The number of carbonyl (C=O) groups excluding carboxylic acids is 1. The Labute approximate surface area is 107 Å². The second-order valence-corrected chi connectivity index (χ2v) is 4.32. The van der Waals surface area contributed by atoms with E-state index < -0.39 is 0 Å². The number of ether oxygens (including phenoxy) is 2. The van der Waals surface area contributed by atoms with Crippen molar-refractivity contribution >= 4 is 5.97 Å². The molecule has 2 atom stereocenters. The van der Waals surface area contributed by atoms with Gasteiger partial charge in [0.2, 0.25) is 0 Å². The highest BCUT2D eigenvalue weighted by Crippen LogP contribution is 2.35. The summed E-state index contributed by atoms with van der Waals surface area (Å²) < 4.78 is 10.5. The van der Waals surface area contributed by atoms with Gasteiger partial charge in [-0.3, -0.25) is 0 Å². The average molecular weight is 246 g/mol. The lowest BCUT2D eigenvalue weighted by atomic mass is 9.96. The highest BCUT2D eigenvalue weighted by atomic mass is 16.5. The first-order chi connectivity index (χ1) is 8.76. The summed E-state index contributed by atoms with van der Waals surface area (Å²) in [6.07, 6.45) is 2.63. The molecule has 96 valence electrons. The van der Waals surface area contributed by atoms with E-state index in [1.54, 1.807) is 0 Å². The van der Waals surface area contributed by atoms with Gasteiger partial charge >= 0.3 is 5.97 Å². The first-order valence-corrected chi connectivity index (χ1v) is 6.21. The summed E-state index contributed by atoms with van der Waals surface area (Å²) in [5.74, 6) is -0.113. The summed E-state index contributed by atoms with van der Waals surface area (Å²) in [5, 5.41) is 0. The van der Waals surface area contributed by atoms with Crippen LogP contribution in [0.25, 0.3) is 0 Å². The van der Waals surface area contributed by atoms with Crippen molar-refractivity contribution in [3.8, 4) is 0 Å². The second kappa shape index (κ2) is 5.83. The largest absolute Gasteiger partial charge is 0.466 e. The predicted octanol–water partition coefficient (Wildman–Crippen LogP) is 2.68. The molecular formula is C15H18O3. The summed E-state index contributed by atoms with van der Waals surface area (Å²) in [6, 6.07) is 10.1. The Hall–Kier alpha value is -1.61. The van der Waals surface area contributed by atoms with Gasteiger partial charge in [-0.25, -0.2) is 4.79 Å². The third-order valence-corrected chi connectivity index (χ3v) is 3.22. The molecule has 18 heavy (non-hydrogen) atoms. The Morgan fingerprint density at radius 2 is 2.06 bits per heavy atom. The van der Waals surface area contributed by atoms with E-state index in [4.69, 9.17) is 9.47 Å². The Kier molecular flexibility index (Phi) is 4.15. The first kappa shape index (κ1) is 12.8. The number of carbonyl (C=O) groups is 1. The summed E-state index contributed by atoms with van der Waals surface area (Å²) in [7, 11) is 1.41. The molecule has 0 aromatic heterocycles. The standard InChI is InChI=1S/C15H18O3/c1-3-18-14-10-12(15(16)17-2)9-13(14)11-7-5-4-6-8-11/h4-9,13-14H,3,10H2,1-2H3/t13-,14+/m0/s1. The van der Waals surface area contributed by atoms with Crippen molar-refractivity contribution in [3.63, 3.8) is 0 Å². The monoisotopic (exact) mass is 246 g/mol. The molecule has 0 N–H and O–H groups in total. The van der Waals surface area contributed by atoms with E-state index in [0.29, 0.717) is 18.6 Å². The van der Waals surface area contributed by atoms with E-state index in [0.717, 1.165) is 0 Å². The van der Waals surface area contributed by atoms with Gasteiger partial charge in [-0.1, -0.05) is 36.4 Å². The minimum Gasteiger partial charge on any atom is -0.466 e. The van der Waals surface area contributed by atoms with E-state index in [2.05, 4.69) is 12.1 Å². The first-order valence-electron chi connectivity index (χ1n) is 6.21. The molecule has 0 aliphatic heterocycles. The zero-order chi connectivity index (χ0) is 13.0. The smallest absolute Gasteiger partial charge is 0.333 e. The van der Waals surface area contributed by atoms with Gasteiger partial charge in [-0.15, -0.1) is 0 Å². The van der Waals surface area contributed by atoms with Crippen LogP contribution < -0.4 is 0 Å². The normalized spacial score (nSPS) is 22.7. The fourth-order valence-electron chi connectivity index (χ4n) is 2.38. The van der Waals surface area contributed by atoms with Crippen LogP contribution in [0.2, 0.25) is 0 Å². The zero-order valence-corrected chi connectivity index (χ0v) is 10.8. The van der Waals surface area contributed by atoms with Crippen LogP contribution in [-0.4, -0.2) is 25.8 Å². The highest BCUT2D eigenvalue weighted by Gasteiger charge is 2.32. The van der Waals surface area contributed by atoms with Crippen LogP contribution in [0.1, 0.15) is 24.8 Å². The lowest BCUT2D eigenvalue weighted by Gasteiger charge is -2.19. The molecule has 1 aliphatic carbocycles. The molecule has 0 amide bonds. The molecule has 1 aromatic carbocycles. The minimum atomic E-state index is -0.252. The quantitative estimate of drug-likeness (QED) is 0.766. The Morgan fingerprint density at radius 1 is 1.33 bits per heavy atom. The molecule has 0 unspecified atom stereocenters. The van der Waals surface area contributed by atoms with Gasteiger partial charge in [0.25, 0.3) is 0 Å². The van der Waals surface area contributed by atoms with Crippen LogP contribution in [0.3, 0.4) is 0 Å². The second-order valence-electron chi connectivity index (χ2n) is 4.32. The number of esters is 1. The van der Waals surface area contributed by atoms with Gasteiger partial charge in [-0.05, 0) is 12.5 Å². The third-order valence-electron chi connectivity index (χ3n) is 3.22. The molecule has 0 radical (unpaired) electrons. The van der Waals surface area contributed by atoms with E-state index in [1.165, 1.54) is 12.7 Å². The van der Waals surface area contributed by atoms with Crippen molar-refractivity contribution in [1.82, 2.24) is 0 Å². The molecule has 2 rings (SSSR count). The average Bonchev–Trinajstić information content (AvgIpc) is 2.83. The SMILES string of the molecule is CCO[C@@H]1CC(C(=O)OC)=C[C@H]1c1ccccc1. The maximum Gasteiger partial charge on any atom is 0.333 e. The van der Waals surface area contributed by atoms with Crippen LogP contribution in [0, 0.1) is 0 Å². The molecule has 0 bridgehead atoms. The number of methoxy groups -OCH3 is 1. The lowest BCUT2D eigenvalue weighted by Crippen LogP contribution is -2.17. The molecule has 0 fully saturated rings. The van der Waals surface area contributed by atoms with E-state index >= 15 is 0 Å². The van der Waals surface area contributed by atoms with E-state index in [-0.39, 0.29) is 18.0 Å². The van der Waals surface area contributed by atoms with Gasteiger partial charge in [0.1, 0.15) is 0 Å². The Morgan fingerprint density at radius 3 is 2.67 bits per heavy atom.